The highest BCUT2D eigenvalue weighted by atomic mass is 19.4. The van der Waals surface area contributed by atoms with Crippen LogP contribution in [-0.4, -0.2) is 83.4 Å². The summed E-state index contributed by atoms with van der Waals surface area (Å²) in [5, 5.41) is 19.7. The third kappa shape index (κ3) is 6.20. The van der Waals surface area contributed by atoms with E-state index in [2.05, 4.69) is 0 Å². The second-order valence-corrected chi connectivity index (χ2v) is 11.7. The van der Waals surface area contributed by atoms with Crippen LogP contribution in [0.1, 0.15) is 73.0 Å². The van der Waals surface area contributed by atoms with Crippen LogP contribution in [0.25, 0.3) is 0 Å². The van der Waals surface area contributed by atoms with Crippen LogP contribution in [0.15, 0.2) is 36.4 Å². The molecule has 11 heteroatoms. The highest BCUT2D eigenvalue weighted by Crippen LogP contribution is 2.49. The Morgan fingerprint density at radius 1 is 1.14 bits per heavy atom. The fourth-order valence-corrected chi connectivity index (χ4v) is 6.75. The standard InChI is InChI=1S/C32H42F3N3O5/c1-6-22-16-23(18-24(17-22)32(33,34)35)21(3)36(4)30(42)38-12-11-37-27(19-31(9-13-39,10-14-40)29(37)41)28(38)26-8-7-25(43-5)15-20(26)2/h7-8,15-18,21,27-28,39-40H,6,9-14,19H2,1-5H3. The van der Waals surface area contributed by atoms with E-state index in [1.165, 1.54) is 4.90 Å². The van der Waals surface area contributed by atoms with Gasteiger partial charge in [-0.25, -0.2) is 4.79 Å². The van der Waals surface area contributed by atoms with Gasteiger partial charge in [-0.1, -0.05) is 19.1 Å². The molecule has 2 aliphatic heterocycles. The second kappa shape index (κ2) is 12.7. The van der Waals surface area contributed by atoms with Gasteiger partial charge >= 0.3 is 12.2 Å². The van der Waals surface area contributed by atoms with Crippen molar-refractivity contribution in [2.24, 2.45) is 5.41 Å². The molecule has 236 valence electrons. The zero-order valence-corrected chi connectivity index (χ0v) is 25.4. The number of amides is 3. The minimum Gasteiger partial charge on any atom is -0.497 e. The van der Waals surface area contributed by atoms with Crippen molar-refractivity contribution in [3.8, 4) is 5.75 Å². The Labute approximate surface area is 251 Å². The molecule has 2 heterocycles. The van der Waals surface area contributed by atoms with Crippen molar-refractivity contribution in [1.29, 1.82) is 0 Å². The summed E-state index contributed by atoms with van der Waals surface area (Å²) < 4.78 is 46.5. The van der Waals surface area contributed by atoms with Gasteiger partial charge in [0.15, 0.2) is 0 Å². The topological polar surface area (TPSA) is 93.6 Å². The van der Waals surface area contributed by atoms with Gasteiger partial charge in [0.1, 0.15) is 5.75 Å². The number of methoxy groups -OCH3 is 1. The summed E-state index contributed by atoms with van der Waals surface area (Å²) in [4.78, 5) is 33.0. The number of urea groups is 1. The molecule has 0 aromatic heterocycles. The van der Waals surface area contributed by atoms with Gasteiger partial charge in [-0.15, -0.1) is 0 Å². The maximum atomic E-state index is 14.3. The molecule has 0 aliphatic carbocycles. The first kappa shape index (κ1) is 32.6. The normalized spacial score (nSPS) is 20.7. The molecule has 2 fully saturated rings. The first-order chi connectivity index (χ1) is 20.3. The number of piperazine rings is 1. The zero-order chi connectivity index (χ0) is 31.7. The number of nitrogens with zero attached hydrogens (tertiary/aromatic N) is 3. The Hall–Kier alpha value is -3.31. The van der Waals surface area contributed by atoms with E-state index in [1.807, 2.05) is 19.1 Å². The maximum absolute atomic E-state index is 14.3. The van der Waals surface area contributed by atoms with Crippen LogP contribution in [0.2, 0.25) is 0 Å². The molecule has 2 aromatic carbocycles. The number of hydrogen-bond acceptors (Lipinski definition) is 5. The zero-order valence-electron chi connectivity index (χ0n) is 25.4. The predicted molar refractivity (Wildman–Crippen MR) is 156 cm³/mol. The van der Waals surface area contributed by atoms with E-state index in [0.717, 1.165) is 23.3 Å². The molecule has 0 saturated carbocycles. The van der Waals surface area contributed by atoms with E-state index >= 15 is 0 Å². The van der Waals surface area contributed by atoms with Crippen molar-refractivity contribution in [2.75, 3.05) is 40.5 Å². The fraction of sp³-hybridized carbons (Fsp3) is 0.562. The molecule has 0 bridgehead atoms. The third-order valence-electron chi connectivity index (χ3n) is 9.33. The summed E-state index contributed by atoms with van der Waals surface area (Å²) in [7, 11) is 3.15. The van der Waals surface area contributed by atoms with Crippen LogP contribution < -0.4 is 4.74 Å². The summed E-state index contributed by atoms with van der Waals surface area (Å²) in [6, 6.07) is 7.50. The van der Waals surface area contributed by atoms with Crippen LogP contribution in [0.4, 0.5) is 18.0 Å². The summed E-state index contributed by atoms with van der Waals surface area (Å²) in [5.74, 6) is 0.507. The number of aliphatic hydroxyl groups is 2. The lowest BCUT2D eigenvalue weighted by Crippen LogP contribution is -2.57. The number of benzene rings is 2. The quantitative estimate of drug-likeness (QED) is 0.415. The number of rotatable bonds is 9. The Bertz CT molecular complexity index is 1330. The molecule has 8 nitrogen and oxygen atoms in total. The number of hydrogen-bond donors (Lipinski definition) is 2. The van der Waals surface area contributed by atoms with Crippen molar-refractivity contribution >= 4 is 11.9 Å². The van der Waals surface area contributed by atoms with Gasteiger partial charge in [0.25, 0.3) is 0 Å². The lowest BCUT2D eigenvalue weighted by Gasteiger charge is -2.47. The average Bonchev–Trinajstić information content (AvgIpc) is 3.25. The fourth-order valence-electron chi connectivity index (χ4n) is 6.75. The van der Waals surface area contributed by atoms with Crippen LogP contribution in [0.5, 0.6) is 5.75 Å². The van der Waals surface area contributed by atoms with Crippen molar-refractivity contribution < 1.29 is 37.7 Å². The number of fused-ring (bicyclic) bond motifs is 1. The summed E-state index contributed by atoms with van der Waals surface area (Å²) in [6.45, 7) is 5.47. The van der Waals surface area contributed by atoms with Gasteiger partial charge in [0, 0.05) is 33.4 Å². The Morgan fingerprint density at radius 3 is 2.37 bits per heavy atom. The Morgan fingerprint density at radius 2 is 1.81 bits per heavy atom. The third-order valence-corrected chi connectivity index (χ3v) is 9.33. The number of aryl methyl sites for hydroxylation is 2. The molecular formula is C32H42F3N3O5. The monoisotopic (exact) mass is 605 g/mol. The molecule has 2 saturated heterocycles. The molecule has 4 rings (SSSR count). The lowest BCUT2D eigenvalue weighted by molar-refractivity contribution is -0.140. The van der Waals surface area contributed by atoms with E-state index in [4.69, 9.17) is 4.74 Å². The summed E-state index contributed by atoms with van der Waals surface area (Å²) in [5.41, 5.74) is 0.919. The van der Waals surface area contributed by atoms with E-state index in [9.17, 15) is 33.0 Å². The van der Waals surface area contributed by atoms with Crippen LogP contribution in [0.3, 0.4) is 0 Å². The van der Waals surface area contributed by atoms with Gasteiger partial charge < -0.3 is 29.6 Å². The lowest BCUT2D eigenvalue weighted by atomic mass is 9.77. The van der Waals surface area contributed by atoms with Crippen molar-refractivity contribution in [3.63, 3.8) is 0 Å². The van der Waals surface area contributed by atoms with Crippen molar-refractivity contribution in [1.82, 2.24) is 14.7 Å². The summed E-state index contributed by atoms with van der Waals surface area (Å²) >= 11 is 0. The van der Waals surface area contributed by atoms with Crippen LogP contribution in [-0.2, 0) is 17.4 Å². The molecule has 2 aliphatic rings. The predicted octanol–water partition coefficient (Wildman–Crippen LogP) is 5.11. The molecule has 0 radical (unpaired) electrons. The molecule has 3 amide bonds. The number of aliphatic hydroxyl groups excluding tert-OH is 2. The first-order valence-electron chi connectivity index (χ1n) is 14.7. The minimum absolute atomic E-state index is 0.137. The van der Waals surface area contributed by atoms with Crippen molar-refractivity contribution in [2.45, 2.75) is 70.8 Å². The summed E-state index contributed by atoms with van der Waals surface area (Å²) in [6.07, 6.45) is -3.34. The van der Waals surface area contributed by atoms with Crippen molar-refractivity contribution in [3.05, 3.63) is 64.2 Å². The van der Waals surface area contributed by atoms with E-state index in [1.54, 1.807) is 49.9 Å². The van der Waals surface area contributed by atoms with Gasteiger partial charge in [-0.3, -0.25) is 4.79 Å². The number of alkyl halides is 3. The average molecular weight is 606 g/mol. The minimum atomic E-state index is -4.51. The van der Waals surface area contributed by atoms with E-state index in [-0.39, 0.29) is 51.1 Å². The van der Waals surface area contributed by atoms with Gasteiger partial charge in [0.2, 0.25) is 5.91 Å². The number of halogens is 3. The van der Waals surface area contributed by atoms with Gasteiger partial charge in [0.05, 0.1) is 36.2 Å². The molecule has 3 atom stereocenters. The second-order valence-electron chi connectivity index (χ2n) is 11.7. The van der Waals surface area contributed by atoms with Crippen LogP contribution >= 0.6 is 0 Å². The Balaban J connectivity index is 1.75. The SMILES string of the molecule is CCc1cc(C(C)N(C)C(=O)N2CCN3C(=O)C(CCO)(CCO)CC3C2c2ccc(OC)cc2C)cc(C(F)(F)F)c1. The molecular weight excluding hydrogens is 563 g/mol. The van der Waals surface area contributed by atoms with E-state index in [0.29, 0.717) is 29.7 Å². The molecule has 43 heavy (non-hydrogen) atoms. The molecule has 3 unspecified atom stereocenters. The Kier molecular flexibility index (Phi) is 9.66. The highest BCUT2D eigenvalue weighted by Gasteiger charge is 2.56. The van der Waals surface area contributed by atoms with Gasteiger partial charge in [-0.2, -0.15) is 13.2 Å². The highest BCUT2D eigenvalue weighted by molar-refractivity contribution is 5.86. The maximum Gasteiger partial charge on any atom is 0.416 e. The molecule has 0 spiro atoms. The largest absolute Gasteiger partial charge is 0.497 e. The molecule has 2 aromatic rings. The number of ether oxygens (including phenoxy) is 1. The smallest absolute Gasteiger partial charge is 0.416 e. The number of carbonyl (C=O) groups is 2. The first-order valence-corrected chi connectivity index (χ1v) is 14.7. The van der Waals surface area contributed by atoms with E-state index < -0.39 is 35.3 Å². The van der Waals surface area contributed by atoms with Gasteiger partial charge in [-0.05, 0) is 86.1 Å². The number of carbonyl (C=O) groups excluding carboxylic acids is 2. The molecule has 2 N–H and O–H groups in total. The van der Waals surface area contributed by atoms with Crippen LogP contribution in [0, 0.1) is 12.3 Å².